The minimum atomic E-state index is -4.76. The number of hydrogen-bond donors (Lipinski definition) is 2. The average Bonchev–Trinajstić information content (AvgIpc) is 2.08. The number of pyridine rings is 1. The van der Waals surface area contributed by atoms with Crippen LogP contribution in [0.4, 0.5) is 19.0 Å². The first-order chi connectivity index (χ1) is 6.83. The van der Waals surface area contributed by atoms with Gasteiger partial charge < -0.3 is 16.2 Å². The van der Waals surface area contributed by atoms with E-state index in [1.807, 2.05) is 0 Å². The third-order valence-electron chi connectivity index (χ3n) is 1.71. The van der Waals surface area contributed by atoms with Gasteiger partial charge in [-0.05, 0) is 18.6 Å². The van der Waals surface area contributed by atoms with E-state index < -0.39 is 12.1 Å². The molecule has 0 saturated heterocycles. The van der Waals surface area contributed by atoms with Crippen LogP contribution < -0.4 is 16.2 Å². The lowest BCUT2D eigenvalue weighted by atomic mass is 10.2. The van der Waals surface area contributed by atoms with Crippen LogP contribution in [0.5, 0.6) is 5.75 Å². The molecule has 0 saturated carbocycles. The van der Waals surface area contributed by atoms with E-state index in [-0.39, 0.29) is 18.1 Å². The van der Waals surface area contributed by atoms with Gasteiger partial charge in [0.15, 0.2) is 5.75 Å². The van der Waals surface area contributed by atoms with Gasteiger partial charge in [-0.2, -0.15) is 0 Å². The van der Waals surface area contributed by atoms with Crippen LogP contribution in [0.15, 0.2) is 6.07 Å². The number of hydrogen-bond acceptors (Lipinski definition) is 4. The van der Waals surface area contributed by atoms with Gasteiger partial charge in [-0.3, -0.25) is 0 Å². The number of nitrogen functional groups attached to an aromatic ring is 1. The first kappa shape index (κ1) is 11.6. The third kappa shape index (κ3) is 2.98. The molecular formula is C8H10F3N3O. The molecule has 4 nitrogen and oxygen atoms in total. The van der Waals surface area contributed by atoms with E-state index in [4.69, 9.17) is 11.5 Å². The molecule has 0 aromatic carbocycles. The predicted octanol–water partition coefficient (Wildman–Crippen LogP) is 1.33. The highest BCUT2D eigenvalue weighted by atomic mass is 19.4. The van der Waals surface area contributed by atoms with Crippen LogP contribution in [0.25, 0.3) is 0 Å². The van der Waals surface area contributed by atoms with Gasteiger partial charge in [-0.15, -0.1) is 13.2 Å². The number of aryl methyl sites for hydroxylation is 1. The number of aromatic nitrogens is 1. The van der Waals surface area contributed by atoms with E-state index in [0.717, 1.165) is 6.07 Å². The second kappa shape index (κ2) is 3.93. The molecule has 1 heterocycles. The fraction of sp³-hybridized carbons (Fsp3) is 0.375. The van der Waals surface area contributed by atoms with Crippen LogP contribution in [-0.2, 0) is 6.54 Å². The van der Waals surface area contributed by atoms with E-state index in [1.54, 1.807) is 0 Å². The van der Waals surface area contributed by atoms with E-state index in [9.17, 15) is 13.2 Å². The molecule has 0 atom stereocenters. The van der Waals surface area contributed by atoms with E-state index in [0.29, 0.717) is 5.56 Å². The summed E-state index contributed by atoms with van der Waals surface area (Å²) < 4.78 is 39.7. The number of anilines is 1. The van der Waals surface area contributed by atoms with E-state index in [1.165, 1.54) is 6.92 Å². The summed E-state index contributed by atoms with van der Waals surface area (Å²) in [6.45, 7) is 1.36. The molecule has 7 heteroatoms. The van der Waals surface area contributed by atoms with Gasteiger partial charge >= 0.3 is 6.36 Å². The van der Waals surface area contributed by atoms with E-state index >= 15 is 0 Å². The van der Waals surface area contributed by atoms with Gasteiger partial charge in [-0.25, -0.2) is 4.98 Å². The van der Waals surface area contributed by atoms with Crippen LogP contribution in [0.1, 0.15) is 11.3 Å². The van der Waals surface area contributed by atoms with Crippen LogP contribution in [0, 0.1) is 6.92 Å². The monoisotopic (exact) mass is 221 g/mol. The summed E-state index contributed by atoms with van der Waals surface area (Å²) in [6, 6.07) is 1.16. The summed E-state index contributed by atoms with van der Waals surface area (Å²) in [6.07, 6.45) is -4.76. The molecule has 4 N–H and O–H groups in total. The Morgan fingerprint density at radius 1 is 1.47 bits per heavy atom. The number of halogens is 3. The Morgan fingerprint density at radius 3 is 2.53 bits per heavy atom. The zero-order chi connectivity index (χ0) is 11.6. The number of rotatable bonds is 2. The molecule has 0 amide bonds. The molecule has 0 radical (unpaired) electrons. The molecular weight excluding hydrogens is 211 g/mol. The van der Waals surface area contributed by atoms with Gasteiger partial charge in [0.2, 0.25) is 0 Å². The average molecular weight is 221 g/mol. The minimum Gasteiger partial charge on any atom is -0.404 e. The zero-order valence-corrected chi connectivity index (χ0v) is 7.93. The lowest BCUT2D eigenvalue weighted by Crippen LogP contribution is -2.19. The smallest absolute Gasteiger partial charge is 0.404 e. The summed E-state index contributed by atoms with van der Waals surface area (Å²) >= 11 is 0. The van der Waals surface area contributed by atoms with Crippen molar-refractivity contribution in [3.8, 4) is 5.75 Å². The van der Waals surface area contributed by atoms with Crippen LogP contribution in [-0.4, -0.2) is 11.3 Å². The minimum absolute atomic E-state index is 0.0181. The lowest BCUT2D eigenvalue weighted by molar-refractivity contribution is -0.275. The molecule has 1 aromatic heterocycles. The second-order valence-electron chi connectivity index (χ2n) is 2.89. The van der Waals surface area contributed by atoms with Crippen molar-refractivity contribution in [2.45, 2.75) is 19.8 Å². The summed E-state index contributed by atoms with van der Waals surface area (Å²) in [7, 11) is 0. The summed E-state index contributed by atoms with van der Waals surface area (Å²) in [5.74, 6) is -0.262. The first-order valence-electron chi connectivity index (χ1n) is 4.05. The SMILES string of the molecule is Cc1cc(OC(F)(F)F)c(CN)nc1N. The highest BCUT2D eigenvalue weighted by molar-refractivity contribution is 5.45. The molecule has 0 fully saturated rings. The number of ether oxygens (including phenoxy) is 1. The first-order valence-corrected chi connectivity index (χ1v) is 4.05. The second-order valence-corrected chi connectivity index (χ2v) is 2.89. The van der Waals surface area contributed by atoms with Gasteiger partial charge in [0, 0.05) is 6.54 Å². The molecule has 15 heavy (non-hydrogen) atoms. The molecule has 0 aliphatic carbocycles. The van der Waals surface area contributed by atoms with Gasteiger partial charge in [0.25, 0.3) is 0 Å². The normalized spacial score (nSPS) is 11.5. The van der Waals surface area contributed by atoms with Crippen LogP contribution in [0.3, 0.4) is 0 Å². The van der Waals surface area contributed by atoms with Gasteiger partial charge in [0.1, 0.15) is 5.82 Å². The van der Waals surface area contributed by atoms with Gasteiger partial charge in [0.05, 0.1) is 5.69 Å². The number of alkyl halides is 3. The largest absolute Gasteiger partial charge is 0.573 e. The molecule has 1 rings (SSSR count). The van der Waals surface area contributed by atoms with Crippen molar-refractivity contribution in [1.82, 2.24) is 4.98 Å². The third-order valence-corrected chi connectivity index (χ3v) is 1.71. The van der Waals surface area contributed by atoms with Crippen molar-refractivity contribution in [3.63, 3.8) is 0 Å². The predicted molar refractivity (Wildman–Crippen MR) is 48.0 cm³/mol. The standard InChI is InChI=1S/C8H10F3N3O/c1-4-2-6(15-8(9,10)11)5(3-12)14-7(4)13/h2H,3,12H2,1H3,(H2,13,14). The highest BCUT2D eigenvalue weighted by Gasteiger charge is 2.32. The highest BCUT2D eigenvalue weighted by Crippen LogP contribution is 2.27. The van der Waals surface area contributed by atoms with Crippen molar-refractivity contribution >= 4 is 5.82 Å². The Kier molecular flexibility index (Phi) is 3.04. The maximum absolute atomic E-state index is 12.0. The molecule has 0 aliphatic rings. The van der Waals surface area contributed by atoms with Crippen molar-refractivity contribution in [2.24, 2.45) is 5.73 Å². The van der Waals surface area contributed by atoms with Gasteiger partial charge in [-0.1, -0.05) is 0 Å². The summed E-state index contributed by atoms with van der Waals surface area (Å²) in [5.41, 5.74) is 11.0. The quantitative estimate of drug-likeness (QED) is 0.790. The fourth-order valence-corrected chi connectivity index (χ4v) is 1.00. The van der Waals surface area contributed by atoms with Crippen molar-refractivity contribution < 1.29 is 17.9 Å². The molecule has 0 spiro atoms. The summed E-state index contributed by atoms with van der Waals surface area (Å²) in [4.78, 5) is 3.70. The molecule has 0 bridgehead atoms. The molecule has 0 unspecified atom stereocenters. The zero-order valence-electron chi connectivity index (χ0n) is 7.93. The maximum Gasteiger partial charge on any atom is 0.573 e. The lowest BCUT2D eigenvalue weighted by Gasteiger charge is -2.13. The van der Waals surface area contributed by atoms with Crippen LogP contribution >= 0.6 is 0 Å². The Hall–Kier alpha value is -1.50. The Labute approximate surface area is 84.0 Å². The molecule has 0 aliphatic heterocycles. The number of nitrogens with zero attached hydrogens (tertiary/aromatic N) is 1. The van der Waals surface area contributed by atoms with Crippen molar-refractivity contribution in [1.29, 1.82) is 0 Å². The maximum atomic E-state index is 12.0. The molecule has 1 aromatic rings. The number of nitrogens with two attached hydrogens (primary N) is 2. The molecule has 84 valence electrons. The Balaban J connectivity index is 3.11. The topological polar surface area (TPSA) is 74.2 Å². The Bertz CT molecular complexity index is 365. The fourth-order valence-electron chi connectivity index (χ4n) is 1.00. The van der Waals surface area contributed by atoms with E-state index in [2.05, 4.69) is 9.72 Å². The van der Waals surface area contributed by atoms with Crippen LogP contribution in [0.2, 0.25) is 0 Å². The summed E-state index contributed by atoms with van der Waals surface area (Å²) in [5, 5.41) is 0. The Morgan fingerprint density at radius 2 is 2.07 bits per heavy atom. The van der Waals surface area contributed by atoms with Crippen molar-refractivity contribution in [2.75, 3.05) is 5.73 Å². The van der Waals surface area contributed by atoms with Crippen molar-refractivity contribution in [3.05, 3.63) is 17.3 Å².